The van der Waals surface area contributed by atoms with Crippen LogP contribution in [0.25, 0.3) is 10.9 Å². The van der Waals surface area contributed by atoms with Crippen molar-refractivity contribution >= 4 is 28.2 Å². The van der Waals surface area contributed by atoms with Gasteiger partial charge in [0.1, 0.15) is 11.5 Å². The SMILES string of the molecule is CC.Cc1ccc(Nc2c(C(=O)N3CCC(O)C3)[nH]c3c(F)cncc23)c(F)c1. The lowest BCUT2D eigenvalue weighted by Gasteiger charge is -2.16. The molecule has 1 aliphatic rings. The molecule has 0 aliphatic carbocycles. The zero-order chi connectivity index (χ0) is 21.1. The first kappa shape index (κ1) is 20.7. The van der Waals surface area contributed by atoms with Crippen molar-refractivity contribution in [3.63, 3.8) is 0 Å². The molecule has 1 atom stereocenters. The van der Waals surface area contributed by atoms with Crippen LogP contribution in [0.2, 0.25) is 0 Å². The van der Waals surface area contributed by atoms with Gasteiger partial charge in [0.15, 0.2) is 5.82 Å². The number of aliphatic hydroxyl groups is 1. The number of aromatic amines is 1. The second-order valence-corrected chi connectivity index (χ2v) is 6.72. The summed E-state index contributed by atoms with van der Waals surface area (Å²) < 4.78 is 28.5. The summed E-state index contributed by atoms with van der Waals surface area (Å²) in [6.45, 7) is 6.37. The number of pyridine rings is 1. The van der Waals surface area contributed by atoms with Crippen LogP contribution in [0.5, 0.6) is 0 Å². The number of aliphatic hydroxyl groups excluding tert-OH is 1. The monoisotopic (exact) mass is 402 g/mol. The number of hydrogen-bond acceptors (Lipinski definition) is 4. The van der Waals surface area contributed by atoms with Gasteiger partial charge in [-0.15, -0.1) is 0 Å². The topological polar surface area (TPSA) is 81.3 Å². The summed E-state index contributed by atoms with van der Waals surface area (Å²) in [4.78, 5) is 21.1. The van der Waals surface area contributed by atoms with Crippen molar-refractivity contribution in [2.75, 3.05) is 18.4 Å². The van der Waals surface area contributed by atoms with Crippen molar-refractivity contribution in [2.24, 2.45) is 0 Å². The number of rotatable bonds is 3. The highest BCUT2D eigenvalue weighted by atomic mass is 19.1. The van der Waals surface area contributed by atoms with Crippen molar-refractivity contribution in [1.82, 2.24) is 14.9 Å². The Balaban J connectivity index is 0.00000117. The number of hydrogen-bond donors (Lipinski definition) is 3. The molecule has 1 unspecified atom stereocenters. The smallest absolute Gasteiger partial charge is 0.272 e. The zero-order valence-corrected chi connectivity index (χ0v) is 16.6. The predicted octanol–water partition coefficient (Wildman–Crippen LogP) is 4.13. The Kier molecular flexibility index (Phi) is 6.12. The van der Waals surface area contributed by atoms with Crippen LogP contribution in [0.1, 0.15) is 36.3 Å². The number of halogens is 2. The lowest BCUT2D eigenvalue weighted by Crippen LogP contribution is -2.30. The van der Waals surface area contributed by atoms with E-state index in [1.54, 1.807) is 19.1 Å². The first-order chi connectivity index (χ1) is 13.9. The molecule has 3 aromatic rings. The van der Waals surface area contributed by atoms with Crippen molar-refractivity contribution in [3.8, 4) is 0 Å². The molecule has 8 heteroatoms. The molecule has 3 heterocycles. The molecule has 2 aromatic heterocycles. The summed E-state index contributed by atoms with van der Waals surface area (Å²) in [6, 6.07) is 4.66. The zero-order valence-electron chi connectivity index (χ0n) is 16.6. The molecule has 1 fully saturated rings. The van der Waals surface area contributed by atoms with Crippen molar-refractivity contribution in [3.05, 3.63) is 53.5 Å². The van der Waals surface area contributed by atoms with E-state index in [-0.39, 0.29) is 29.1 Å². The number of amides is 1. The standard InChI is InChI=1S/C19H18F2N4O2.C2H6/c1-10-2-3-15(13(20)6-10)23-17-12-7-22-8-14(21)16(12)24-18(17)19(27)25-5-4-11(26)9-25;1-2/h2-3,6-8,11,23-24,26H,4-5,9H2,1H3;1-2H3. The minimum atomic E-state index is -0.611. The first-order valence-electron chi connectivity index (χ1n) is 9.59. The number of H-pyrrole nitrogens is 1. The van der Waals surface area contributed by atoms with Crippen molar-refractivity contribution in [2.45, 2.75) is 33.3 Å². The number of aromatic nitrogens is 2. The quantitative estimate of drug-likeness (QED) is 0.615. The fourth-order valence-corrected chi connectivity index (χ4v) is 3.30. The summed E-state index contributed by atoms with van der Waals surface area (Å²) >= 11 is 0. The van der Waals surface area contributed by atoms with Gasteiger partial charge in [0, 0.05) is 24.7 Å². The Hall–Kier alpha value is -3.00. The number of nitrogens with zero attached hydrogens (tertiary/aromatic N) is 2. The number of carbonyl (C=O) groups is 1. The van der Waals surface area contributed by atoms with E-state index >= 15 is 0 Å². The first-order valence-corrected chi connectivity index (χ1v) is 9.59. The third-order valence-corrected chi connectivity index (χ3v) is 4.72. The summed E-state index contributed by atoms with van der Waals surface area (Å²) in [5.74, 6) is -1.48. The fraction of sp³-hybridized carbons (Fsp3) is 0.333. The Morgan fingerprint density at radius 2 is 2.03 bits per heavy atom. The summed E-state index contributed by atoms with van der Waals surface area (Å²) in [7, 11) is 0. The molecule has 1 amide bonds. The molecule has 29 heavy (non-hydrogen) atoms. The van der Waals surface area contributed by atoms with E-state index in [2.05, 4.69) is 15.3 Å². The van der Waals surface area contributed by atoms with Gasteiger partial charge in [-0.1, -0.05) is 19.9 Å². The summed E-state index contributed by atoms with van der Waals surface area (Å²) in [5.41, 5.74) is 1.40. The third-order valence-electron chi connectivity index (χ3n) is 4.72. The maximum atomic E-state index is 14.3. The summed E-state index contributed by atoms with van der Waals surface area (Å²) in [6.07, 6.45) is 2.36. The van der Waals surface area contributed by atoms with E-state index in [1.807, 2.05) is 13.8 Å². The average molecular weight is 402 g/mol. The van der Waals surface area contributed by atoms with E-state index in [1.165, 1.54) is 17.2 Å². The van der Waals surface area contributed by atoms with Gasteiger partial charge in [0.25, 0.3) is 5.91 Å². The molecule has 3 N–H and O–H groups in total. The van der Waals surface area contributed by atoms with E-state index in [9.17, 15) is 18.7 Å². The maximum absolute atomic E-state index is 14.3. The highest BCUT2D eigenvalue weighted by molar-refractivity contribution is 6.09. The number of nitrogens with one attached hydrogen (secondary N) is 2. The molecule has 0 bridgehead atoms. The van der Waals surface area contributed by atoms with Crippen LogP contribution in [-0.2, 0) is 0 Å². The lowest BCUT2D eigenvalue weighted by molar-refractivity contribution is 0.0761. The Bertz CT molecular complexity index is 1030. The van der Waals surface area contributed by atoms with Crippen LogP contribution in [-0.4, -0.2) is 45.1 Å². The molecule has 1 saturated heterocycles. The van der Waals surface area contributed by atoms with E-state index in [0.29, 0.717) is 18.4 Å². The van der Waals surface area contributed by atoms with Gasteiger partial charge in [-0.2, -0.15) is 0 Å². The third kappa shape index (κ3) is 4.07. The van der Waals surface area contributed by atoms with Gasteiger partial charge >= 0.3 is 0 Å². The molecule has 6 nitrogen and oxygen atoms in total. The molecular weight excluding hydrogens is 378 g/mol. The lowest BCUT2D eigenvalue weighted by atomic mass is 10.2. The fourth-order valence-electron chi connectivity index (χ4n) is 3.30. The van der Waals surface area contributed by atoms with Gasteiger partial charge in [-0.05, 0) is 31.0 Å². The Labute approximate surface area is 167 Å². The van der Waals surface area contributed by atoms with Crippen LogP contribution in [0, 0.1) is 18.6 Å². The molecule has 0 spiro atoms. The number of fused-ring (bicyclic) bond motifs is 1. The molecular formula is C21H24F2N4O2. The predicted molar refractivity (Wildman–Crippen MR) is 108 cm³/mol. The molecule has 1 aliphatic heterocycles. The van der Waals surface area contributed by atoms with Gasteiger partial charge in [0.05, 0.1) is 29.2 Å². The number of β-amino-alcohol motifs (C(OH)–C–C–N with tert-alkyl or cyclic N) is 1. The van der Waals surface area contributed by atoms with Crippen LogP contribution >= 0.6 is 0 Å². The molecule has 1 aromatic carbocycles. The van der Waals surface area contributed by atoms with Crippen LogP contribution < -0.4 is 5.32 Å². The molecule has 0 radical (unpaired) electrons. The molecule has 4 rings (SSSR count). The number of likely N-dealkylation sites (tertiary alicyclic amines) is 1. The minimum Gasteiger partial charge on any atom is -0.391 e. The van der Waals surface area contributed by atoms with Crippen LogP contribution in [0.3, 0.4) is 0 Å². The number of anilines is 2. The van der Waals surface area contributed by atoms with E-state index < -0.39 is 23.6 Å². The number of benzene rings is 1. The van der Waals surface area contributed by atoms with Gasteiger partial charge in [0.2, 0.25) is 0 Å². The van der Waals surface area contributed by atoms with E-state index in [4.69, 9.17) is 0 Å². The maximum Gasteiger partial charge on any atom is 0.272 e. The summed E-state index contributed by atoms with van der Waals surface area (Å²) in [5, 5.41) is 13.0. The van der Waals surface area contributed by atoms with Crippen molar-refractivity contribution in [1.29, 1.82) is 0 Å². The number of carbonyl (C=O) groups excluding carboxylic acids is 1. The number of aryl methyl sites for hydroxylation is 1. The second-order valence-electron chi connectivity index (χ2n) is 6.72. The van der Waals surface area contributed by atoms with Crippen molar-refractivity contribution < 1.29 is 18.7 Å². The second kappa shape index (κ2) is 8.57. The molecule has 154 valence electrons. The van der Waals surface area contributed by atoms with E-state index in [0.717, 1.165) is 11.8 Å². The highest BCUT2D eigenvalue weighted by Crippen LogP contribution is 2.33. The molecule has 0 saturated carbocycles. The Morgan fingerprint density at radius 1 is 1.28 bits per heavy atom. The van der Waals surface area contributed by atoms with Gasteiger partial charge in [-0.3, -0.25) is 9.78 Å². The normalized spacial score (nSPS) is 15.9. The highest BCUT2D eigenvalue weighted by Gasteiger charge is 2.29. The van der Waals surface area contributed by atoms with Crippen LogP contribution in [0.4, 0.5) is 20.2 Å². The van der Waals surface area contributed by atoms with Gasteiger partial charge < -0.3 is 20.3 Å². The Morgan fingerprint density at radius 3 is 2.69 bits per heavy atom. The van der Waals surface area contributed by atoms with Gasteiger partial charge in [-0.25, -0.2) is 8.78 Å². The largest absolute Gasteiger partial charge is 0.391 e. The minimum absolute atomic E-state index is 0.103. The van der Waals surface area contributed by atoms with Crippen LogP contribution in [0.15, 0.2) is 30.6 Å². The average Bonchev–Trinajstić information content (AvgIpc) is 3.30.